The summed E-state index contributed by atoms with van der Waals surface area (Å²) in [6.45, 7) is -0.294. The average molecular weight is 319 g/mol. The minimum absolute atomic E-state index is 0.0667. The van der Waals surface area contributed by atoms with Gasteiger partial charge >= 0.3 is 19.1 Å². The molecule has 122 valence electrons. The normalized spacial score (nSPS) is 9.70. The number of ether oxygens (including phenoxy) is 1. The Labute approximate surface area is 133 Å². The van der Waals surface area contributed by atoms with Crippen molar-refractivity contribution in [2.75, 3.05) is 20.2 Å². The van der Waals surface area contributed by atoms with Crippen molar-refractivity contribution >= 4 is 35.3 Å². The minimum Gasteiger partial charge on any atom is -0.480 e. The van der Waals surface area contributed by atoms with Crippen LogP contribution in [-0.4, -0.2) is 54.4 Å². The number of nitrogens with one attached hydrogen (secondary N) is 1. The van der Waals surface area contributed by atoms with Gasteiger partial charge in [-0.2, -0.15) is 0 Å². The van der Waals surface area contributed by atoms with Crippen molar-refractivity contribution in [3.63, 3.8) is 0 Å². The number of aliphatic carboxylic acids is 1. The number of esters is 1. The summed E-state index contributed by atoms with van der Waals surface area (Å²) in [5, 5.41) is 30.5. The van der Waals surface area contributed by atoms with E-state index in [1.165, 1.54) is 7.11 Å². The van der Waals surface area contributed by atoms with Crippen LogP contribution in [0.3, 0.4) is 0 Å². The van der Waals surface area contributed by atoms with E-state index in [9.17, 15) is 9.59 Å². The zero-order valence-corrected chi connectivity index (χ0v) is 12.6. The Morgan fingerprint density at radius 3 is 2.35 bits per heavy atom. The quantitative estimate of drug-likeness (QED) is 0.428. The second kappa shape index (κ2) is 9.57. The molecule has 0 aromatic heterocycles. The minimum atomic E-state index is -1.40. The van der Waals surface area contributed by atoms with E-state index in [1.54, 1.807) is 6.07 Å². The van der Waals surface area contributed by atoms with Crippen LogP contribution in [0.5, 0.6) is 0 Å². The fourth-order valence-corrected chi connectivity index (χ4v) is 1.82. The first-order valence-corrected chi connectivity index (χ1v) is 6.78. The molecule has 0 saturated heterocycles. The number of fused-ring (bicyclic) bond motifs is 1. The number of carboxylic acid groups (broad SMARTS) is 1. The molecular formula is C15H18BNO6. The van der Waals surface area contributed by atoms with Crippen LogP contribution in [-0.2, 0) is 14.3 Å². The molecule has 4 N–H and O–H groups in total. The van der Waals surface area contributed by atoms with Crippen molar-refractivity contribution < 1.29 is 29.5 Å². The van der Waals surface area contributed by atoms with Crippen LogP contribution in [0.1, 0.15) is 0 Å². The summed E-state index contributed by atoms with van der Waals surface area (Å²) in [6.07, 6.45) is 0. The van der Waals surface area contributed by atoms with Gasteiger partial charge in [0.2, 0.25) is 0 Å². The van der Waals surface area contributed by atoms with Gasteiger partial charge in [0.1, 0.15) is 0 Å². The van der Waals surface area contributed by atoms with Crippen LogP contribution in [0, 0.1) is 0 Å². The summed E-state index contributed by atoms with van der Waals surface area (Å²) in [6, 6.07) is 13.1. The Bertz CT molecular complexity index is 656. The van der Waals surface area contributed by atoms with Crippen LogP contribution in [0.25, 0.3) is 10.8 Å². The van der Waals surface area contributed by atoms with Gasteiger partial charge in [-0.05, 0) is 16.2 Å². The van der Waals surface area contributed by atoms with E-state index in [4.69, 9.17) is 15.2 Å². The third kappa shape index (κ3) is 6.47. The predicted octanol–water partition coefficient (Wildman–Crippen LogP) is -0.647. The first-order valence-electron chi connectivity index (χ1n) is 6.78. The maximum atomic E-state index is 10.3. The maximum absolute atomic E-state index is 10.3. The summed E-state index contributed by atoms with van der Waals surface area (Å²) in [4.78, 5) is 20.2. The monoisotopic (exact) mass is 319 g/mol. The molecule has 0 aliphatic heterocycles. The fraction of sp³-hybridized carbons (Fsp3) is 0.200. The summed E-state index contributed by atoms with van der Waals surface area (Å²) in [5.74, 6) is -1.47. The molecule has 0 aliphatic carbocycles. The average Bonchev–Trinajstić information content (AvgIpc) is 2.54. The Kier molecular flexibility index (Phi) is 7.75. The molecule has 0 amide bonds. The number of carboxylic acids is 1. The van der Waals surface area contributed by atoms with E-state index in [0.717, 1.165) is 10.8 Å². The largest absolute Gasteiger partial charge is 0.489 e. The number of rotatable bonds is 5. The lowest BCUT2D eigenvalue weighted by molar-refractivity contribution is -0.140. The van der Waals surface area contributed by atoms with Crippen LogP contribution < -0.4 is 10.8 Å². The summed E-state index contributed by atoms with van der Waals surface area (Å²) >= 11 is 0. The zero-order chi connectivity index (χ0) is 17.2. The highest BCUT2D eigenvalue weighted by molar-refractivity contribution is 6.61. The Hall–Kier alpha value is -2.42. The molecule has 0 atom stereocenters. The van der Waals surface area contributed by atoms with E-state index in [0.29, 0.717) is 5.46 Å². The highest BCUT2D eigenvalue weighted by atomic mass is 16.5. The van der Waals surface area contributed by atoms with Gasteiger partial charge in [-0.1, -0.05) is 42.5 Å². The molecule has 0 unspecified atom stereocenters. The molecule has 2 rings (SSSR count). The Balaban J connectivity index is 0.000000241. The standard InChI is InChI=1S/C10H9BO2.C5H9NO4/c12-11(13)10-7-3-5-8-4-1-2-6-9(8)10;1-10-5(9)3-6-2-4(7)8/h1-7,12-13H;6H,2-3H2,1H3,(H,7,8). The van der Waals surface area contributed by atoms with Crippen molar-refractivity contribution in [2.24, 2.45) is 0 Å². The van der Waals surface area contributed by atoms with Gasteiger partial charge in [0.05, 0.1) is 20.2 Å². The van der Waals surface area contributed by atoms with Crippen molar-refractivity contribution in [3.05, 3.63) is 42.5 Å². The number of benzene rings is 2. The molecule has 0 saturated carbocycles. The van der Waals surface area contributed by atoms with Gasteiger partial charge in [-0.3, -0.25) is 14.9 Å². The van der Waals surface area contributed by atoms with Crippen molar-refractivity contribution in [2.45, 2.75) is 0 Å². The topological polar surface area (TPSA) is 116 Å². The summed E-state index contributed by atoms with van der Waals surface area (Å²) in [7, 11) is -0.156. The van der Waals surface area contributed by atoms with Crippen LogP contribution in [0.2, 0.25) is 0 Å². The molecule has 0 heterocycles. The summed E-state index contributed by atoms with van der Waals surface area (Å²) < 4.78 is 4.24. The van der Waals surface area contributed by atoms with Crippen molar-refractivity contribution in [1.82, 2.24) is 5.32 Å². The van der Waals surface area contributed by atoms with Gasteiger partial charge in [-0.15, -0.1) is 0 Å². The molecular weight excluding hydrogens is 301 g/mol. The maximum Gasteiger partial charge on any atom is 0.489 e. The smallest absolute Gasteiger partial charge is 0.480 e. The molecule has 2 aromatic carbocycles. The van der Waals surface area contributed by atoms with E-state index >= 15 is 0 Å². The molecule has 7 nitrogen and oxygen atoms in total. The zero-order valence-electron chi connectivity index (χ0n) is 12.6. The number of carbonyl (C=O) groups is 2. The third-order valence-corrected chi connectivity index (χ3v) is 2.87. The molecule has 2 aromatic rings. The first kappa shape index (κ1) is 18.6. The molecule has 0 spiro atoms. The van der Waals surface area contributed by atoms with Crippen molar-refractivity contribution in [1.29, 1.82) is 0 Å². The predicted molar refractivity (Wildman–Crippen MR) is 86.3 cm³/mol. The van der Waals surface area contributed by atoms with E-state index in [2.05, 4.69) is 10.1 Å². The second-order valence-electron chi connectivity index (χ2n) is 4.52. The SMILES string of the molecule is COC(=O)CNCC(=O)O.OB(O)c1cccc2ccccc12. The lowest BCUT2D eigenvalue weighted by Gasteiger charge is -2.03. The van der Waals surface area contributed by atoms with Gasteiger partial charge in [0, 0.05) is 0 Å². The number of methoxy groups -OCH3 is 1. The third-order valence-electron chi connectivity index (χ3n) is 2.87. The van der Waals surface area contributed by atoms with E-state index < -0.39 is 19.1 Å². The molecule has 0 radical (unpaired) electrons. The highest BCUT2D eigenvalue weighted by Crippen LogP contribution is 2.10. The van der Waals surface area contributed by atoms with Crippen molar-refractivity contribution in [3.8, 4) is 0 Å². The Morgan fingerprint density at radius 1 is 1.09 bits per heavy atom. The molecule has 0 aliphatic rings. The highest BCUT2D eigenvalue weighted by Gasteiger charge is 2.13. The Morgan fingerprint density at radius 2 is 1.74 bits per heavy atom. The van der Waals surface area contributed by atoms with Crippen LogP contribution >= 0.6 is 0 Å². The van der Waals surface area contributed by atoms with Gasteiger partial charge in [0.15, 0.2) is 0 Å². The fourth-order valence-electron chi connectivity index (χ4n) is 1.82. The molecule has 0 bridgehead atoms. The lowest BCUT2D eigenvalue weighted by Crippen LogP contribution is -2.30. The van der Waals surface area contributed by atoms with Gasteiger partial charge in [0.25, 0.3) is 0 Å². The summed E-state index contributed by atoms with van der Waals surface area (Å²) in [5.41, 5.74) is 0.554. The second-order valence-corrected chi connectivity index (χ2v) is 4.52. The van der Waals surface area contributed by atoms with Gasteiger partial charge < -0.3 is 19.9 Å². The van der Waals surface area contributed by atoms with Gasteiger partial charge in [-0.25, -0.2) is 0 Å². The number of hydrogen-bond donors (Lipinski definition) is 4. The molecule has 8 heteroatoms. The number of carbonyl (C=O) groups excluding carboxylic acids is 1. The first-order chi connectivity index (χ1) is 11.0. The van der Waals surface area contributed by atoms with Crippen LogP contribution in [0.15, 0.2) is 42.5 Å². The number of hydrogen-bond acceptors (Lipinski definition) is 6. The van der Waals surface area contributed by atoms with E-state index in [1.807, 2.05) is 36.4 Å². The lowest BCUT2D eigenvalue weighted by atomic mass is 9.77. The van der Waals surface area contributed by atoms with Crippen LogP contribution in [0.4, 0.5) is 0 Å². The molecule has 0 fully saturated rings. The van der Waals surface area contributed by atoms with E-state index in [-0.39, 0.29) is 13.1 Å². The molecule has 23 heavy (non-hydrogen) atoms.